The molecule has 0 unspecified atom stereocenters. The predicted octanol–water partition coefficient (Wildman–Crippen LogP) is 1.90. The Morgan fingerprint density at radius 1 is 1.33 bits per heavy atom. The first-order valence-electron chi connectivity index (χ1n) is 4.83. The molecule has 0 N–H and O–H groups in total. The van der Waals surface area contributed by atoms with E-state index in [0.29, 0.717) is 0 Å². The van der Waals surface area contributed by atoms with Crippen LogP contribution in [0.3, 0.4) is 0 Å². The van der Waals surface area contributed by atoms with Crippen LogP contribution < -0.4 is 4.57 Å². The summed E-state index contributed by atoms with van der Waals surface area (Å²) in [5.74, 6) is 0. The third-order valence-electron chi connectivity index (χ3n) is 2.04. The number of aryl methyl sites for hydroxylation is 3. The molecule has 0 fully saturated rings. The SMILES string of the molecule is CCCn1c[n+](CCC)cc1C. The van der Waals surface area contributed by atoms with E-state index in [4.69, 9.17) is 0 Å². The molecule has 0 aliphatic heterocycles. The summed E-state index contributed by atoms with van der Waals surface area (Å²) in [6.45, 7) is 8.87. The third-order valence-corrected chi connectivity index (χ3v) is 2.04. The van der Waals surface area contributed by atoms with E-state index in [9.17, 15) is 0 Å². The fourth-order valence-electron chi connectivity index (χ4n) is 1.47. The molecule has 0 radical (unpaired) electrons. The molecule has 0 aliphatic carbocycles. The average Bonchev–Trinajstić information content (AvgIpc) is 2.34. The Morgan fingerprint density at radius 2 is 2.08 bits per heavy atom. The second-order valence-electron chi connectivity index (χ2n) is 3.32. The van der Waals surface area contributed by atoms with Gasteiger partial charge in [0.25, 0.3) is 0 Å². The van der Waals surface area contributed by atoms with E-state index in [0.717, 1.165) is 13.1 Å². The van der Waals surface area contributed by atoms with Gasteiger partial charge in [-0.25, -0.2) is 9.13 Å². The van der Waals surface area contributed by atoms with Crippen LogP contribution >= 0.6 is 0 Å². The Kier molecular flexibility index (Phi) is 3.32. The first-order valence-corrected chi connectivity index (χ1v) is 4.83. The van der Waals surface area contributed by atoms with Gasteiger partial charge in [-0.2, -0.15) is 0 Å². The number of rotatable bonds is 4. The van der Waals surface area contributed by atoms with Crippen LogP contribution in [0, 0.1) is 6.92 Å². The normalized spacial score (nSPS) is 10.6. The Bertz CT molecular complexity index is 238. The molecule has 0 saturated heterocycles. The molecule has 0 amide bonds. The number of hydrogen-bond acceptors (Lipinski definition) is 0. The van der Waals surface area contributed by atoms with E-state index in [1.165, 1.54) is 18.5 Å². The topological polar surface area (TPSA) is 8.81 Å². The van der Waals surface area contributed by atoms with Crippen molar-refractivity contribution in [3.63, 3.8) is 0 Å². The Labute approximate surface area is 74.8 Å². The Hall–Kier alpha value is -0.790. The lowest BCUT2D eigenvalue weighted by atomic mass is 10.4. The molecule has 0 aromatic carbocycles. The molecule has 1 aromatic rings. The van der Waals surface area contributed by atoms with E-state index in [1.807, 2.05) is 0 Å². The maximum atomic E-state index is 2.32. The van der Waals surface area contributed by atoms with Gasteiger partial charge in [0.2, 0.25) is 6.33 Å². The van der Waals surface area contributed by atoms with Crippen LogP contribution in [0.5, 0.6) is 0 Å². The maximum Gasteiger partial charge on any atom is 0.243 e. The van der Waals surface area contributed by atoms with Gasteiger partial charge in [0.1, 0.15) is 11.9 Å². The molecule has 0 aliphatic rings. The van der Waals surface area contributed by atoms with Gasteiger partial charge in [-0.1, -0.05) is 13.8 Å². The highest BCUT2D eigenvalue weighted by atomic mass is 15.1. The van der Waals surface area contributed by atoms with Gasteiger partial charge in [-0.15, -0.1) is 0 Å². The molecular formula is C10H19N2+. The van der Waals surface area contributed by atoms with Crippen LogP contribution in [0.15, 0.2) is 12.5 Å². The zero-order valence-corrected chi connectivity index (χ0v) is 8.38. The highest BCUT2D eigenvalue weighted by Gasteiger charge is 2.06. The van der Waals surface area contributed by atoms with Crippen molar-refractivity contribution in [2.75, 3.05) is 0 Å². The largest absolute Gasteiger partial charge is 0.243 e. The molecule has 1 aromatic heterocycles. The predicted molar refractivity (Wildman–Crippen MR) is 49.9 cm³/mol. The van der Waals surface area contributed by atoms with E-state index in [1.54, 1.807) is 0 Å². The van der Waals surface area contributed by atoms with Crippen molar-refractivity contribution < 1.29 is 4.57 Å². The highest BCUT2D eigenvalue weighted by Crippen LogP contribution is 1.96. The first kappa shape index (κ1) is 9.30. The summed E-state index contributed by atoms with van der Waals surface area (Å²) >= 11 is 0. The minimum Gasteiger partial charge on any atom is -0.237 e. The van der Waals surface area contributed by atoms with Crippen molar-refractivity contribution in [1.82, 2.24) is 4.57 Å². The Morgan fingerprint density at radius 3 is 2.67 bits per heavy atom. The zero-order chi connectivity index (χ0) is 8.97. The lowest BCUT2D eigenvalue weighted by Gasteiger charge is -1.92. The van der Waals surface area contributed by atoms with Crippen molar-refractivity contribution in [3.8, 4) is 0 Å². The van der Waals surface area contributed by atoms with Crippen LogP contribution in [0.4, 0.5) is 0 Å². The monoisotopic (exact) mass is 167 g/mol. The summed E-state index contributed by atoms with van der Waals surface area (Å²) in [4.78, 5) is 0. The van der Waals surface area contributed by atoms with Crippen molar-refractivity contribution in [2.24, 2.45) is 0 Å². The number of nitrogens with zero attached hydrogens (tertiary/aromatic N) is 2. The van der Waals surface area contributed by atoms with Gasteiger partial charge < -0.3 is 0 Å². The maximum absolute atomic E-state index is 2.32. The molecular weight excluding hydrogens is 148 g/mol. The molecule has 1 rings (SSSR count). The van der Waals surface area contributed by atoms with Crippen molar-refractivity contribution in [2.45, 2.75) is 46.7 Å². The van der Waals surface area contributed by atoms with Crippen molar-refractivity contribution >= 4 is 0 Å². The highest BCUT2D eigenvalue weighted by molar-refractivity contribution is 4.88. The molecule has 2 nitrogen and oxygen atoms in total. The van der Waals surface area contributed by atoms with E-state index in [-0.39, 0.29) is 0 Å². The van der Waals surface area contributed by atoms with Gasteiger partial charge in [-0.05, 0) is 12.8 Å². The fourth-order valence-corrected chi connectivity index (χ4v) is 1.47. The molecule has 0 bridgehead atoms. The van der Waals surface area contributed by atoms with Crippen LogP contribution in [0.1, 0.15) is 32.4 Å². The second-order valence-corrected chi connectivity index (χ2v) is 3.32. The van der Waals surface area contributed by atoms with Gasteiger partial charge >= 0.3 is 0 Å². The third kappa shape index (κ3) is 2.10. The summed E-state index contributed by atoms with van der Waals surface area (Å²) < 4.78 is 4.58. The summed E-state index contributed by atoms with van der Waals surface area (Å²) in [6.07, 6.45) is 6.85. The van der Waals surface area contributed by atoms with E-state index < -0.39 is 0 Å². The van der Waals surface area contributed by atoms with Crippen LogP contribution in [0.2, 0.25) is 0 Å². The van der Waals surface area contributed by atoms with Gasteiger partial charge in [-0.3, -0.25) is 0 Å². The summed E-state index contributed by atoms with van der Waals surface area (Å²) in [5, 5.41) is 0. The summed E-state index contributed by atoms with van der Waals surface area (Å²) in [7, 11) is 0. The van der Waals surface area contributed by atoms with Crippen LogP contribution in [-0.4, -0.2) is 4.57 Å². The number of imidazole rings is 1. The van der Waals surface area contributed by atoms with Gasteiger partial charge in [0.05, 0.1) is 13.1 Å². The quantitative estimate of drug-likeness (QED) is 0.606. The van der Waals surface area contributed by atoms with Gasteiger partial charge in [0.15, 0.2) is 0 Å². The zero-order valence-electron chi connectivity index (χ0n) is 8.38. The molecule has 2 heteroatoms. The molecule has 0 atom stereocenters. The summed E-state index contributed by atoms with van der Waals surface area (Å²) in [6, 6.07) is 0. The van der Waals surface area contributed by atoms with E-state index in [2.05, 4.69) is 42.4 Å². The van der Waals surface area contributed by atoms with Crippen molar-refractivity contribution in [1.29, 1.82) is 0 Å². The number of aromatic nitrogens is 2. The minimum absolute atomic E-state index is 1.14. The molecule has 0 saturated carbocycles. The molecule has 12 heavy (non-hydrogen) atoms. The van der Waals surface area contributed by atoms with Crippen LogP contribution in [-0.2, 0) is 13.1 Å². The Balaban J connectivity index is 2.70. The summed E-state index contributed by atoms with van der Waals surface area (Å²) in [5.41, 5.74) is 1.37. The lowest BCUT2D eigenvalue weighted by Crippen LogP contribution is -2.30. The smallest absolute Gasteiger partial charge is 0.237 e. The van der Waals surface area contributed by atoms with Crippen molar-refractivity contribution in [3.05, 3.63) is 18.2 Å². The van der Waals surface area contributed by atoms with Gasteiger partial charge in [0, 0.05) is 6.92 Å². The van der Waals surface area contributed by atoms with Crippen LogP contribution in [0.25, 0.3) is 0 Å². The molecule has 68 valence electrons. The molecule has 0 spiro atoms. The fraction of sp³-hybridized carbons (Fsp3) is 0.700. The molecule has 1 heterocycles. The lowest BCUT2D eigenvalue weighted by molar-refractivity contribution is -0.696. The number of hydrogen-bond donors (Lipinski definition) is 0. The first-order chi connectivity index (χ1) is 5.77. The van der Waals surface area contributed by atoms with E-state index >= 15 is 0 Å². The average molecular weight is 167 g/mol. The second kappa shape index (κ2) is 4.29. The standard InChI is InChI=1S/C10H19N2/c1-4-6-11-8-10(3)12(9-11)7-5-2/h8-9H,4-7H2,1-3H3/q+1. The minimum atomic E-state index is 1.14.